The maximum atomic E-state index is 11.1. The van der Waals surface area contributed by atoms with Crippen molar-refractivity contribution in [3.05, 3.63) is 0 Å². The lowest BCUT2D eigenvalue weighted by Crippen LogP contribution is -2.64. The third-order valence-electron chi connectivity index (χ3n) is 2.66. The summed E-state index contributed by atoms with van der Waals surface area (Å²) in [6, 6.07) is -0.873. The second kappa shape index (κ2) is 6.44. The summed E-state index contributed by atoms with van der Waals surface area (Å²) < 4.78 is 10.8. The first-order chi connectivity index (χ1) is 8.36. The molecule has 1 rings (SSSR count). The van der Waals surface area contributed by atoms with Gasteiger partial charge in [0.1, 0.15) is 24.4 Å². The number of rotatable bonds is 4. The minimum atomic E-state index is -1.28. The Morgan fingerprint density at radius 2 is 2.00 bits per heavy atom. The van der Waals surface area contributed by atoms with Gasteiger partial charge in [-0.25, -0.2) is 0 Å². The summed E-state index contributed by atoms with van der Waals surface area (Å²) >= 11 is 0. The molecule has 0 aromatic carbocycles. The van der Waals surface area contributed by atoms with Gasteiger partial charge in [0.25, 0.3) is 0 Å². The first-order valence-electron chi connectivity index (χ1n) is 5.91. The van der Waals surface area contributed by atoms with E-state index in [0.29, 0.717) is 0 Å². The van der Waals surface area contributed by atoms with E-state index in [0.717, 1.165) is 0 Å². The van der Waals surface area contributed by atoms with Crippen LogP contribution in [0.3, 0.4) is 0 Å². The molecule has 1 amide bonds. The van der Waals surface area contributed by atoms with Crippen LogP contribution in [0.15, 0.2) is 0 Å². The molecule has 106 valence electrons. The highest BCUT2D eigenvalue weighted by molar-refractivity contribution is 5.73. The summed E-state index contributed by atoms with van der Waals surface area (Å²) in [5.74, 6) is -0.366. The van der Waals surface area contributed by atoms with Crippen LogP contribution in [0.1, 0.15) is 20.8 Å². The third kappa shape index (κ3) is 3.63. The molecule has 4 N–H and O–H groups in total. The molecule has 18 heavy (non-hydrogen) atoms. The van der Waals surface area contributed by atoms with Gasteiger partial charge < -0.3 is 30.1 Å². The van der Waals surface area contributed by atoms with E-state index < -0.39 is 37.3 Å². The first kappa shape index (κ1) is 15.3. The summed E-state index contributed by atoms with van der Waals surface area (Å²) in [6.45, 7) is 4.41. The van der Waals surface area contributed by atoms with Gasteiger partial charge in [0.2, 0.25) is 5.91 Å². The van der Waals surface area contributed by atoms with E-state index in [1.54, 1.807) is 13.8 Å². The molecule has 7 nitrogen and oxygen atoms in total. The Morgan fingerprint density at radius 3 is 2.44 bits per heavy atom. The van der Waals surface area contributed by atoms with Crippen LogP contribution in [0.4, 0.5) is 0 Å². The van der Waals surface area contributed by atoms with Crippen molar-refractivity contribution in [1.29, 1.82) is 0 Å². The molecular formula is C11H21NO6. The molecule has 1 saturated heterocycles. The number of ether oxygens (including phenoxy) is 2. The molecule has 1 heterocycles. The van der Waals surface area contributed by atoms with Gasteiger partial charge in [-0.1, -0.05) is 0 Å². The average Bonchev–Trinajstić information content (AvgIpc) is 2.27. The molecule has 0 aromatic rings. The average molecular weight is 263 g/mol. The maximum Gasteiger partial charge on any atom is 0.217 e. The SMILES string of the molecule is CC(=O)N[C@@H]1[C@H](OC(C)C)O[C@H](CO)[C@@H](O)[C@@H]1O. The summed E-state index contributed by atoms with van der Waals surface area (Å²) in [6.07, 6.45) is -4.58. The van der Waals surface area contributed by atoms with Crippen molar-refractivity contribution >= 4 is 5.91 Å². The highest BCUT2D eigenvalue weighted by atomic mass is 16.7. The standard InChI is InChI=1S/C11H21NO6/c1-5(2)17-11-8(12-6(3)14)10(16)9(15)7(4-13)18-11/h5,7-11,13,15-16H,4H2,1-3H3,(H,12,14)/t7-,8+,9-,10-,11-/m1/s1. The third-order valence-corrected chi connectivity index (χ3v) is 2.66. The van der Waals surface area contributed by atoms with Crippen LogP contribution in [-0.4, -0.2) is 64.6 Å². The molecule has 0 bridgehead atoms. The lowest BCUT2D eigenvalue weighted by Gasteiger charge is -2.42. The fourth-order valence-electron chi connectivity index (χ4n) is 1.85. The van der Waals surface area contributed by atoms with Crippen molar-refractivity contribution in [2.24, 2.45) is 0 Å². The number of carbonyl (C=O) groups excluding carboxylic acids is 1. The minimum Gasteiger partial charge on any atom is -0.394 e. The van der Waals surface area contributed by atoms with E-state index in [2.05, 4.69) is 5.32 Å². The highest BCUT2D eigenvalue weighted by Crippen LogP contribution is 2.22. The van der Waals surface area contributed by atoms with Crippen LogP contribution < -0.4 is 5.32 Å². The van der Waals surface area contributed by atoms with Crippen molar-refractivity contribution in [2.75, 3.05) is 6.61 Å². The largest absolute Gasteiger partial charge is 0.394 e. The number of hydrogen-bond acceptors (Lipinski definition) is 6. The number of hydrogen-bond donors (Lipinski definition) is 4. The second-order valence-electron chi connectivity index (χ2n) is 4.62. The maximum absolute atomic E-state index is 11.1. The molecule has 0 spiro atoms. The van der Waals surface area contributed by atoms with Gasteiger partial charge in [0.05, 0.1) is 12.7 Å². The Morgan fingerprint density at radius 1 is 1.39 bits per heavy atom. The lowest BCUT2D eigenvalue weighted by molar-refractivity contribution is -0.278. The molecule has 0 aliphatic carbocycles. The number of aliphatic hydroxyl groups excluding tert-OH is 3. The van der Waals surface area contributed by atoms with Gasteiger partial charge in [-0.05, 0) is 13.8 Å². The highest BCUT2D eigenvalue weighted by Gasteiger charge is 2.45. The Hall–Kier alpha value is -0.730. The van der Waals surface area contributed by atoms with Crippen LogP contribution >= 0.6 is 0 Å². The van der Waals surface area contributed by atoms with Crippen LogP contribution in [0, 0.1) is 0 Å². The van der Waals surface area contributed by atoms with E-state index in [1.165, 1.54) is 6.92 Å². The molecule has 1 aliphatic heterocycles. The normalized spacial score (nSPS) is 36.7. The van der Waals surface area contributed by atoms with Crippen LogP contribution in [0.25, 0.3) is 0 Å². The molecular weight excluding hydrogens is 242 g/mol. The summed E-state index contributed by atoms with van der Waals surface area (Å²) in [4.78, 5) is 11.1. The van der Waals surface area contributed by atoms with Crippen LogP contribution in [-0.2, 0) is 14.3 Å². The molecule has 1 fully saturated rings. The molecule has 0 radical (unpaired) electrons. The minimum absolute atomic E-state index is 0.187. The van der Waals surface area contributed by atoms with Gasteiger partial charge in [-0.3, -0.25) is 4.79 Å². The Bertz CT molecular complexity index is 285. The molecule has 0 saturated carbocycles. The van der Waals surface area contributed by atoms with Gasteiger partial charge in [0, 0.05) is 6.92 Å². The number of nitrogens with one attached hydrogen (secondary N) is 1. The monoisotopic (exact) mass is 263 g/mol. The Labute approximate surface area is 106 Å². The second-order valence-corrected chi connectivity index (χ2v) is 4.62. The quantitative estimate of drug-likeness (QED) is 0.484. The summed E-state index contributed by atoms with van der Waals surface area (Å²) in [7, 11) is 0. The first-order valence-corrected chi connectivity index (χ1v) is 5.91. The summed E-state index contributed by atoms with van der Waals surface area (Å²) in [5.41, 5.74) is 0. The Balaban J connectivity index is 2.83. The van der Waals surface area contributed by atoms with Crippen molar-refractivity contribution in [1.82, 2.24) is 5.32 Å². The number of amides is 1. The zero-order valence-corrected chi connectivity index (χ0v) is 10.7. The predicted octanol–water partition coefficient (Wildman–Crippen LogP) is -1.64. The fourth-order valence-corrected chi connectivity index (χ4v) is 1.85. The van der Waals surface area contributed by atoms with E-state index >= 15 is 0 Å². The van der Waals surface area contributed by atoms with E-state index in [1.807, 2.05) is 0 Å². The smallest absolute Gasteiger partial charge is 0.217 e. The molecule has 0 unspecified atom stereocenters. The van der Waals surface area contributed by atoms with E-state index in [9.17, 15) is 15.0 Å². The summed E-state index contributed by atoms with van der Waals surface area (Å²) in [5, 5.41) is 31.2. The Kier molecular flexibility index (Phi) is 5.48. The molecule has 7 heteroatoms. The van der Waals surface area contributed by atoms with Gasteiger partial charge in [-0.15, -0.1) is 0 Å². The van der Waals surface area contributed by atoms with Crippen LogP contribution in [0.5, 0.6) is 0 Å². The van der Waals surface area contributed by atoms with Crippen molar-refractivity contribution in [3.63, 3.8) is 0 Å². The van der Waals surface area contributed by atoms with Crippen molar-refractivity contribution in [2.45, 2.75) is 57.5 Å². The van der Waals surface area contributed by atoms with Gasteiger partial charge in [-0.2, -0.15) is 0 Å². The van der Waals surface area contributed by atoms with Gasteiger partial charge in [0.15, 0.2) is 6.29 Å². The molecule has 1 aliphatic rings. The zero-order chi connectivity index (χ0) is 13.9. The van der Waals surface area contributed by atoms with Gasteiger partial charge >= 0.3 is 0 Å². The van der Waals surface area contributed by atoms with Crippen molar-refractivity contribution in [3.8, 4) is 0 Å². The number of aliphatic hydroxyl groups is 3. The fraction of sp³-hybridized carbons (Fsp3) is 0.909. The number of carbonyl (C=O) groups is 1. The van der Waals surface area contributed by atoms with E-state index in [4.69, 9.17) is 14.6 Å². The van der Waals surface area contributed by atoms with E-state index in [-0.39, 0.29) is 12.0 Å². The predicted molar refractivity (Wildman–Crippen MR) is 61.6 cm³/mol. The topological polar surface area (TPSA) is 108 Å². The lowest BCUT2D eigenvalue weighted by atomic mass is 9.97. The molecule has 0 aromatic heterocycles. The zero-order valence-electron chi connectivity index (χ0n) is 10.7. The molecule has 5 atom stereocenters. The van der Waals surface area contributed by atoms with Crippen molar-refractivity contribution < 1.29 is 29.6 Å². The van der Waals surface area contributed by atoms with Crippen LogP contribution in [0.2, 0.25) is 0 Å².